The molecule has 0 bridgehead atoms. The average Bonchev–Trinajstić information content (AvgIpc) is 3.00. The summed E-state index contributed by atoms with van der Waals surface area (Å²) in [6.45, 7) is 7.05. The summed E-state index contributed by atoms with van der Waals surface area (Å²) in [4.78, 5) is 26.7. The van der Waals surface area contributed by atoms with Gasteiger partial charge < -0.3 is 19.8 Å². The maximum absolute atomic E-state index is 12.8. The highest BCUT2D eigenvalue weighted by atomic mass is 35.5. The lowest BCUT2D eigenvalue weighted by atomic mass is 10.0. The molecule has 7 heteroatoms. The first-order chi connectivity index (χ1) is 13.2. The van der Waals surface area contributed by atoms with Crippen molar-refractivity contribution in [1.82, 2.24) is 4.90 Å². The summed E-state index contributed by atoms with van der Waals surface area (Å²) in [5.41, 5.74) is 6.89. The molecule has 1 aromatic heterocycles. The number of carbonyl (C=O) groups is 2. The topological polar surface area (TPSA) is 85.8 Å². The third-order valence-electron chi connectivity index (χ3n) is 5.76. The molecule has 1 aliphatic heterocycles. The van der Waals surface area contributed by atoms with Crippen LogP contribution >= 0.6 is 11.6 Å². The van der Waals surface area contributed by atoms with Gasteiger partial charge in [-0.25, -0.2) is 4.79 Å². The fraction of sp³-hybridized carbons (Fsp3) is 0.524. The average molecular weight is 405 g/mol. The molecule has 2 N–H and O–H groups in total. The van der Waals surface area contributed by atoms with Gasteiger partial charge in [-0.2, -0.15) is 0 Å². The van der Waals surface area contributed by atoms with Crippen LogP contribution in [0, 0.1) is 17.8 Å². The Bertz CT molecular complexity index is 934. The fourth-order valence-corrected chi connectivity index (χ4v) is 4.53. The van der Waals surface area contributed by atoms with E-state index in [0.717, 1.165) is 6.42 Å². The molecule has 150 valence electrons. The van der Waals surface area contributed by atoms with E-state index in [1.165, 1.54) is 6.26 Å². The number of nitrogens with two attached hydrogens (primary N) is 1. The van der Waals surface area contributed by atoms with Crippen LogP contribution < -0.4 is 5.73 Å². The second-order valence-electron chi connectivity index (χ2n) is 8.82. The van der Waals surface area contributed by atoms with E-state index in [0.29, 0.717) is 64.5 Å². The third-order valence-corrected chi connectivity index (χ3v) is 6.07. The summed E-state index contributed by atoms with van der Waals surface area (Å²) < 4.78 is 10.9. The Hall–Kier alpha value is -2.21. The van der Waals surface area contributed by atoms with Gasteiger partial charge in [-0.15, -0.1) is 0 Å². The highest BCUT2D eigenvalue weighted by Gasteiger charge is 2.56. The number of benzene rings is 1. The number of anilines is 1. The summed E-state index contributed by atoms with van der Waals surface area (Å²) >= 11 is 6.17. The van der Waals surface area contributed by atoms with Crippen LogP contribution in [0.15, 0.2) is 22.8 Å². The van der Waals surface area contributed by atoms with Crippen molar-refractivity contribution in [1.29, 1.82) is 0 Å². The van der Waals surface area contributed by atoms with Gasteiger partial charge in [0, 0.05) is 24.9 Å². The number of fused-ring (bicyclic) bond motifs is 2. The molecule has 4 rings (SSSR count). The van der Waals surface area contributed by atoms with E-state index < -0.39 is 5.60 Å². The number of ketones is 1. The Kier molecular flexibility index (Phi) is 4.57. The number of amides is 1. The third kappa shape index (κ3) is 3.46. The van der Waals surface area contributed by atoms with Crippen molar-refractivity contribution < 1.29 is 18.7 Å². The summed E-state index contributed by atoms with van der Waals surface area (Å²) in [5.74, 6) is 1.44. The quantitative estimate of drug-likeness (QED) is 0.587. The van der Waals surface area contributed by atoms with Crippen molar-refractivity contribution in [3.05, 3.63) is 29.0 Å². The van der Waals surface area contributed by atoms with Crippen LogP contribution in [-0.2, 0) is 4.74 Å². The summed E-state index contributed by atoms with van der Waals surface area (Å²) in [7, 11) is 0. The van der Waals surface area contributed by atoms with E-state index in [4.69, 9.17) is 26.5 Å². The molecule has 2 fully saturated rings. The zero-order valence-electron chi connectivity index (χ0n) is 16.3. The molecule has 2 aliphatic rings. The van der Waals surface area contributed by atoms with Crippen LogP contribution in [-0.4, -0.2) is 35.5 Å². The SMILES string of the molecule is CC(C)(C)OC(=O)N1CC2C(CCC(=O)c3cc(Cl)c(N)c4ccoc34)C2C1. The molecule has 6 nitrogen and oxygen atoms in total. The van der Waals surface area contributed by atoms with E-state index in [1.807, 2.05) is 20.8 Å². The van der Waals surface area contributed by atoms with Gasteiger partial charge in [0.15, 0.2) is 5.78 Å². The maximum atomic E-state index is 12.8. The molecular formula is C21H25ClN2O4. The van der Waals surface area contributed by atoms with Crippen molar-refractivity contribution >= 4 is 40.1 Å². The lowest BCUT2D eigenvalue weighted by Crippen LogP contribution is -2.37. The van der Waals surface area contributed by atoms with E-state index >= 15 is 0 Å². The molecule has 28 heavy (non-hydrogen) atoms. The second kappa shape index (κ2) is 6.69. The highest BCUT2D eigenvalue weighted by Crippen LogP contribution is 2.54. The molecule has 0 radical (unpaired) electrons. The number of halogens is 1. The van der Waals surface area contributed by atoms with E-state index in [2.05, 4.69) is 0 Å². The van der Waals surface area contributed by atoms with Gasteiger partial charge in [0.1, 0.15) is 11.2 Å². The summed E-state index contributed by atoms with van der Waals surface area (Å²) in [6.07, 6.45) is 2.51. The van der Waals surface area contributed by atoms with Crippen LogP contribution in [0.1, 0.15) is 44.0 Å². The molecule has 2 atom stereocenters. The Morgan fingerprint density at radius 2 is 2.00 bits per heavy atom. The highest BCUT2D eigenvalue weighted by molar-refractivity contribution is 6.35. The van der Waals surface area contributed by atoms with Gasteiger partial charge in [-0.3, -0.25) is 4.79 Å². The zero-order chi connectivity index (χ0) is 20.2. The molecule has 2 aromatic rings. The number of carbonyl (C=O) groups excluding carboxylic acids is 2. The van der Waals surface area contributed by atoms with Crippen molar-refractivity contribution in [3.8, 4) is 0 Å². The van der Waals surface area contributed by atoms with Crippen molar-refractivity contribution in [2.45, 2.75) is 39.2 Å². The van der Waals surface area contributed by atoms with Crippen LogP contribution in [0.2, 0.25) is 5.02 Å². The number of hydrogen-bond donors (Lipinski definition) is 1. The van der Waals surface area contributed by atoms with Crippen LogP contribution in [0.3, 0.4) is 0 Å². The van der Waals surface area contributed by atoms with Gasteiger partial charge in [0.05, 0.1) is 22.5 Å². The van der Waals surface area contributed by atoms with E-state index in [9.17, 15) is 9.59 Å². The number of furan rings is 1. The molecule has 1 amide bonds. The first kappa shape index (κ1) is 19.1. The summed E-state index contributed by atoms with van der Waals surface area (Å²) in [5, 5.41) is 1.04. The monoisotopic (exact) mass is 404 g/mol. The Balaban J connectivity index is 1.33. The van der Waals surface area contributed by atoms with Crippen molar-refractivity contribution in [3.63, 3.8) is 0 Å². The summed E-state index contributed by atoms with van der Waals surface area (Å²) in [6, 6.07) is 3.33. The van der Waals surface area contributed by atoms with Gasteiger partial charge in [-0.1, -0.05) is 11.6 Å². The van der Waals surface area contributed by atoms with Gasteiger partial charge in [0.25, 0.3) is 0 Å². The first-order valence-electron chi connectivity index (χ1n) is 9.62. The first-order valence-corrected chi connectivity index (χ1v) is 10.00. The van der Waals surface area contributed by atoms with Crippen LogP contribution in [0.4, 0.5) is 10.5 Å². The lowest BCUT2D eigenvalue weighted by Gasteiger charge is -2.25. The molecule has 2 unspecified atom stereocenters. The van der Waals surface area contributed by atoms with Gasteiger partial charge in [0.2, 0.25) is 0 Å². The van der Waals surface area contributed by atoms with E-state index in [1.54, 1.807) is 17.0 Å². The maximum Gasteiger partial charge on any atom is 0.410 e. The van der Waals surface area contributed by atoms with Gasteiger partial charge >= 0.3 is 6.09 Å². The van der Waals surface area contributed by atoms with Crippen LogP contribution in [0.5, 0.6) is 0 Å². The molecular weight excluding hydrogens is 380 g/mol. The predicted molar refractivity (Wildman–Crippen MR) is 107 cm³/mol. The lowest BCUT2D eigenvalue weighted by molar-refractivity contribution is 0.0264. The Morgan fingerprint density at radius 1 is 1.32 bits per heavy atom. The number of rotatable bonds is 4. The normalized spacial score (nSPS) is 23.7. The number of nitrogens with zero attached hydrogens (tertiary/aromatic N) is 1. The van der Waals surface area contributed by atoms with Crippen molar-refractivity contribution in [2.75, 3.05) is 18.8 Å². The Labute approximate surface area is 168 Å². The minimum absolute atomic E-state index is 0.0100. The predicted octanol–water partition coefficient (Wildman–Crippen LogP) is 4.74. The second-order valence-corrected chi connectivity index (χ2v) is 9.23. The number of piperidine rings is 1. The molecule has 1 saturated heterocycles. The molecule has 0 spiro atoms. The van der Waals surface area contributed by atoms with Crippen molar-refractivity contribution in [2.24, 2.45) is 17.8 Å². The van der Waals surface area contributed by atoms with Crippen LogP contribution in [0.25, 0.3) is 11.0 Å². The fourth-order valence-electron chi connectivity index (χ4n) is 4.32. The minimum atomic E-state index is -0.479. The smallest absolute Gasteiger partial charge is 0.410 e. The van der Waals surface area contributed by atoms with Gasteiger partial charge in [-0.05, 0) is 57.1 Å². The minimum Gasteiger partial charge on any atom is -0.463 e. The molecule has 1 aromatic carbocycles. The number of nitrogen functional groups attached to an aromatic ring is 1. The number of Topliss-reactive ketones (excluding diaryl/α,β-unsaturated/α-hetero) is 1. The molecule has 1 saturated carbocycles. The Morgan fingerprint density at radius 3 is 2.64 bits per heavy atom. The molecule has 1 aliphatic carbocycles. The number of hydrogen-bond acceptors (Lipinski definition) is 5. The number of ether oxygens (including phenoxy) is 1. The number of likely N-dealkylation sites (tertiary alicyclic amines) is 1. The molecule has 2 heterocycles. The van der Waals surface area contributed by atoms with E-state index in [-0.39, 0.29) is 11.9 Å². The largest absolute Gasteiger partial charge is 0.463 e. The standard InChI is InChI=1S/C21H25ClN2O4/c1-21(2,3)28-20(26)24-9-14-11(15(14)10-24)4-5-17(25)13-8-16(22)18(23)12-6-7-27-19(12)13/h6-8,11,14-15H,4-5,9-10,23H2,1-3H3. The zero-order valence-corrected chi connectivity index (χ0v) is 17.1.